The molecule has 0 spiro atoms. The summed E-state index contributed by atoms with van der Waals surface area (Å²) in [5.74, 6) is 1.77. The van der Waals surface area contributed by atoms with Crippen LogP contribution < -0.4 is 14.8 Å². The Morgan fingerprint density at radius 3 is 3.09 bits per heavy atom. The van der Waals surface area contributed by atoms with E-state index in [2.05, 4.69) is 11.4 Å². The van der Waals surface area contributed by atoms with Crippen molar-refractivity contribution >= 4 is 17.1 Å². The summed E-state index contributed by atoms with van der Waals surface area (Å²) in [5.41, 5.74) is 2.31. The maximum Gasteiger partial charge on any atom is 0.169 e. The lowest BCUT2D eigenvalue weighted by atomic mass is 10.0. The number of carbonyl (C=O) groups excluding carboxylic acids is 1. The van der Waals surface area contributed by atoms with E-state index in [1.807, 2.05) is 23.6 Å². The Labute approximate surface area is 134 Å². The molecule has 0 saturated carbocycles. The van der Waals surface area contributed by atoms with Gasteiger partial charge in [-0.15, -0.1) is 11.3 Å². The van der Waals surface area contributed by atoms with Crippen LogP contribution in [0.1, 0.15) is 27.7 Å². The van der Waals surface area contributed by atoms with E-state index in [-0.39, 0.29) is 11.8 Å². The van der Waals surface area contributed by atoms with Gasteiger partial charge in [-0.05, 0) is 42.0 Å². The molecule has 0 radical (unpaired) electrons. The number of ketones is 1. The van der Waals surface area contributed by atoms with E-state index >= 15 is 0 Å². The third-order valence-electron chi connectivity index (χ3n) is 3.77. The molecule has 5 heteroatoms. The van der Waals surface area contributed by atoms with Crippen molar-refractivity contribution in [2.75, 3.05) is 13.7 Å². The molecule has 2 heterocycles. The van der Waals surface area contributed by atoms with Crippen molar-refractivity contribution in [3.05, 3.63) is 45.6 Å². The van der Waals surface area contributed by atoms with E-state index in [0.29, 0.717) is 6.61 Å². The van der Waals surface area contributed by atoms with Crippen LogP contribution >= 0.6 is 11.3 Å². The summed E-state index contributed by atoms with van der Waals surface area (Å²) in [6.45, 7) is 2.97. The fraction of sp³-hybridized carbons (Fsp3) is 0.353. The van der Waals surface area contributed by atoms with Crippen LogP contribution in [-0.4, -0.2) is 25.5 Å². The van der Waals surface area contributed by atoms with Gasteiger partial charge in [0.2, 0.25) is 0 Å². The van der Waals surface area contributed by atoms with Crippen LogP contribution in [0, 0.1) is 0 Å². The van der Waals surface area contributed by atoms with Crippen molar-refractivity contribution in [1.29, 1.82) is 0 Å². The van der Waals surface area contributed by atoms with Gasteiger partial charge >= 0.3 is 0 Å². The third kappa shape index (κ3) is 3.15. The molecule has 4 nitrogen and oxygen atoms in total. The van der Waals surface area contributed by atoms with Crippen molar-refractivity contribution < 1.29 is 14.3 Å². The Balaban J connectivity index is 1.61. The number of nitrogens with one attached hydrogen (secondary N) is 1. The Kier molecular flexibility index (Phi) is 4.45. The van der Waals surface area contributed by atoms with Crippen molar-refractivity contribution in [3.8, 4) is 11.5 Å². The normalized spacial score (nSPS) is 16.7. The van der Waals surface area contributed by atoms with E-state index in [4.69, 9.17) is 9.47 Å². The summed E-state index contributed by atoms with van der Waals surface area (Å²) in [5, 5.41) is 5.53. The molecule has 1 N–H and O–H groups in total. The Morgan fingerprint density at radius 1 is 1.50 bits per heavy atom. The monoisotopic (exact) mass is 317 g/mol. The van der Waals surface area contributed by atoms with Gasteiger partial charge in [-0.2, -0.15) is 0 Å². The van der Waals surface area contributed by atoms with Crippen molar-refractivity contribution in [3.63, 3.8) is 0 Å². The highest BCUT2D eigenvalue weighted by Gasteiger charge is 2.22. The number of para-hydroxylation sites is 1. The largest absolute Gasteiger partial charge is 0.493 e. The van der Waals surface area contributed by atoms with Gasteiger partial charge in [0.1, 0.15) is 6.61 Å². The van der Waals surface area contributed by atoms with Crippen molar-refractivity contribution in [2.45, 2.75) is 25.9 Å². The average Bonchev–Trinajstić information content (AvgIpc) is 3.01. The van der Waals surface area contributed by atoms with Gasteiger partial charge in [-0.25, -0.2) is 0 Å². The second-order valence-corrected chi connectivity index (χ2v) is 6.33. The lowest BCUT2D eigenvalue weighted by Gasteiger charge is -2.27. The highest BCUT2D eigenvalue weighted by atomic mass is 32.1. The molecule has 3 rings (SSSR count). The first kappa shape index (κ1) is 15.1. The summed E-state index contributed by atoms with van der Waals surface area (Å²) in [7, 11) is 1.66. The molecule has 1 aliphatic heterocycles. The number of benzene rings is 1. The number of hydrogen-bond donors (Lipinski definition) is 1. The second-order valence-electron chi connectivity index (χ2n) is 5.42. The molecule has 2 aromatic rings. The van der Waals surface area contributed by atoms with Crippen molar-refractivity contribution in [1.82, 2.24) is 5.32 Å². The average molecular weight is 317 g/mol. The van der Waals surface area contributed by atoms with E-state index in [1.165, 1.54) is 11.3 Å². The highest BCUT2D eigenvalue weighted by molar-refractivity contribution is 7.12. The van der Waals surface area contributed by atoms with Gasteiger partial charge in [-0.3, -0.25) is 4.79 Å². The summed E-state index contributed by atoms with van der Waals surface area (Å²) >= 11 is 1.50. The third-order valence-corrected chi connectivity index (χ3v) is 4.85. The van der Waals surface area contributed by atoms with Crippen LogP contribution in [-0.2, 0) is 13.0 Å². The molecular weight excluding hydrogens is 298 g/mol. The van der Waals surface area contributed by atoms with E-state index in [0.717, 1.165) is 40.5 Å². The lowest BCUT2D eigenvalue weighted by molar-refractivity contribution is 0.102. The van der Waals surface area contributed by atoms with Crippen LogP contribution in [0.4, 0.5) is 0 Å². The maximum atomic E-state index is 11.3. The molecular formula is C17H19NO3S. The lowest BCUT2D eigenvalue weighted by Crippen LogP contribution is -2.38. The molecule has 1 aliphatic rings. The SMILES string of the molecule is COc1cccc2c1OC[C@@H](NCc1csc(C(C)=O)c1)C2. The first-order valence-corrected chi connectivity index (χ1v) is 8.15. The van der Waals surface area contributed by atoms with E-state index < -0.39 is 0 Å². The second kappa shape index (κ2) is 6.50. The Hall–Kier alpha value is -1.85. The van der Waals surface area contributed by atoms with E-state index in [9.17, 15) is 4.79 Å². The summed E-state index contributed by atoms with van der Waals surface area (Å²) in [4.78, 5) is 12.1. The zero-order valence-corrected chi connectivity index (χ0v) is 13.5. The predicted molar refractivity (Wildman–Crippen MR) is 87.1 cm³/mol. The summed E-state index contributed by atoms with van der Waals surface area (Å²) in [6.07, 6.45) is 0.913. The molecule has 0 bridgehead atoms. The standard InChI is InChI=1S/C17H19NO3S/c1-11(19)16-6-12(10-22-16)8-18-14-7-13-4-3-5-15(20-2)17(13)21-9-14/h3-6,10,14,18H,7-9H2,1-2H3/t14-/m0/s1. The fourth-order valence-corrected chi connectivity index (χ4v) is 3.42. The molecule has 0 amide bonds. The molecule has 1 atom stereocenters. The van der Waals surface area contributed by atoms with Gasteiger partial charge < -0.3 is 14.8 Å². The number of ether oxygens (including phenoxy) is 2. The van der Waals surface area contributed by atoms with Crippen molar-refractivity contribution in [2.24, 2.45) is 0 Å². The number of hydrogen-bond acceptors (Lipinski definition) is 5. The Morgan fingerprint density at radius 2 is 2.36 bits per heavy atom. The van der Waals surface area contributed by atoms with Gasteiger partial charge in [0, 0.05) is 12.6 Å². The van der Waals surface area contributed by atoms with Crippen LogP contribution in [0.15, 0.2) is 29.6 Å². The van der Waals surface area contributed by atoms with Gasteiger partial charge in [-0.1, -0.05) is 12.1 Å². The minimum atomic E-state index is 0.123. The quantitative estimate of drug-likeness (QED) is 0.861. The number of methoxy groups -OCH3 is 1. The molecule has 1 aromatic carbocycles. The molecule has 116 valence electrons. The highest BCUT2D eigenvalue weighted by Crippen LogP contribution is 2.34. The maximum absolute atomic E-state index is 11.3. The summed E-state index contributed by atoms with van der Waals surface area (Å²) < 4.78 is 11.2. The zero-order chi connectivity index (χ0) is 15.5. The molecule has 22 heavy (non-hydrogen) atoms. The number of Topliss-reactive ketones (excluding diaryl/α,β-unsaturated/α-hetero) is 1. The number of fused-ring (bicyclic) bond motifs is 1. The Bertz CT molecular complexity index is 680. The molecule has 0 saturated heterocycles. The first-order valence-electron chi connectivity index (χ1n) is 7.27. The number of rotatable bonds is 5. The minimum Gasteiger partial charge on any atom is -0.493 e. The van der Waals surface area contributed by atoms with Crippen LogP contribution in [0.2, 0.25) is 0 Å². The van der Waals surface area contributed by atoms with E-state index in [1.54, 1.807) is 14.0 Å². The van der Waals surface area contributed by atoms with Gasteiger partial charge in [0.25, 0.3) is 0 Å². The molecule has 0 unspecified atom stereocenters. The zero-order valence-electron chi connectivity index (χ0n) is 12.7. The van der Waals surface area contributed by atoms with Gasteiger partial charge in [0.05, 0.1) is 12.0 Å². The summed E-state index contributed by atoms with van der Waals surface area (Å²) in [6, 6.07) is 8.20. The van der Waals surface area contributed by atoms with Gasteiger partial charge in [0.15, 0.2) is 17.3 Å². The molecule has 1 aromatic heterocycles. The fourth-order valence-electron chi connectivity index (χ4n) is 2.60. The van der Waals surface area contributed by atoms with Crippen LogP contribution in [0.3, 0.4) is 0 Å². The van der Waals surface area contributed by atoms with Crippen LogP contribution in [0.5, 0.6) is 11.5 Å². The van der Waals surface area contributed by atoms with Crippen LogP contribution in [0.25, 0.3) is 0 Å². The minimum absolute atomic E-state index is 0.123. The molecule has 0 aliphatic carbocycles. The number of thiophene rings is 1. The number of carbonyl (C=O) groups is 1. The smallest absolute Gasteiger partial charge is 0.169 e. The first-order chi connectivity index (χ1) is 10.7. The predicted octanol–water partition coefficient (Wildman–Crippen LogP) is 3.05. The molecule has 0 fully saturated rings. The topological polar surface area (TPSA) is 47.6 Å².